The van der Waals surface area contributed by atoms with Crippen molar-refractivity contribution in [3.63, 3.8) is 0 Å². The number of rotatable bonds is 10. The maximum atomic E-state index is 14.0. The molecule has 3 aromatic carbocycles. The molecular formula is C34H41ClN2O3. The van der Waals surface area contributed by atoms with E-state index in [9.17, 15) is 9.59 Å². The fourth-order valence-corrected chi connectivity index (χ4v) is 5.58. The molecule has 0 saturated heterocycles. The highest BCUT2D eigenvalue weighted by Crippen LogP contribution is 2.31. The third-order valence-electron chi connectivity index (χ3n) is 7.51. The predicted molar refractivity (Wildman–Crippen MR) is 162 cm³/mol. The van der Waals surface area contributed by atoms with Gasteiger partial charge in [-0.1, -0.05) is 112 Å². The molecule has 1 aliphatic carbocycles. The lowest BCUT2D eigenvalue weighted by molar-refractivity contribution is -0.143. The number of hydrogen-bond donors (Lipinski definition) is 1. The first kappa shape index (κ1) is 29.7. The standard InChI is InChI=1S/C34H41ClN2O3/c1-34(2,3)29-19-10-11-20-31(29)40-24-32(38)37(23-26-15-12-16-27(35)21-26)30(22-25-13-6-4-7-14-25)33(39)36-28-17-8-5-9-18-28/h4,6-7,10-16,19-21,28,30H,5,8-9,17-18,22-24H2,1-3H3,(H,36,39). The Kier molecular flexibility index (Phi) is 10.3. The molecule has 0 aliphatic heterocycles. The van der Waals surface area contributed by atoms with Crippen LogP contribution in [0.15, 0.2) is 78.9 Å². The molecule has 0 radical (unpaired) electrons. The zero-order valence-electron chi connectivity index (χ0n) is 23.9. The molecule has 3 aromatic rings. The van der Waals surface area contributed by atoms with E-state index in [0.29, 0.717) is 17.2 Å². The van der Waals surface area contributed by atoms with Crippen LogP contribution in [0.1, 0.15) is 69.6 Å². The summed E-state index contributed by atoms with van der Waals surface area (Å²) >= 11 is 6.30. The molecule has 0 spiro atoms. The van der Waals surface area contributed by atoms with E-state index in [1.807, 2.05) is 72.8 Å². The van der Waals surface area contributed by atoms with Gasteiger partial charge in [-0.25, -0.2) is 0 Å². The Bertz CT molecular complexity index is 1270. The molecule has 1 aliphatic rings. The van der Waals surface area contributed by atoms with Crippen molar-refractivity contribution >= 4 is 23.4 Å². The SMILES string of the molecule is CC(C)(C)c1ccccc1OCC(=O)N(Cc1cccc(Cl)c1)C(Cc1ccccc1)C(=O)NC1CCCCC1. The van der Waals surface area contributed by atoms with Gasteiger partial charge in [0.1, 0.15) is 11.8 Å². The van der Waals surface area contributed by atoms with Crippen LogP contribution < -0.4 is 10.1 Å². The minimum absolute atomic E-state index is 0.124. The number of nitrogens with one attached hydrogen (secondary N) is 1. The Balaban J connectivity index is 1.64. The minimum atomic E-state index is -0.697. The summed E-state index contributed by atoms with van der Waals surface area (Å²) in [7, 11) is 0. The smallest absolute Gasteiger partial charge is 0.261 e. The van der Waals surface area contributed by atoms with E-state index in [1.165, 1.54) is 6.42 Å². The number of nitrogens with zero attached hydrogens (tertiary/aromatic N) is 1. The van der Waals surface area contributed by atoms with Gasteiger partial charge in [-0.15, -0.1) is 0 Å². The maximum absolute atomic E-state index is 14.0. The van der Waals surface area contributed by atoms with Gasteiger partial charge in [0, 0.05) is 24.0 Å². The molecule has 1 atom stereocenters. The summed E-state index contributed by atoms with van der Waals surface area (Å²) in [6.45, 7) is 6.44. The van der Waals surface area contributed by atoms with Gasteiger partial charge in [-0.05, 0) is 53.1 Å². The van der Waals surface area contributed by atoms with E-state index in [2.05, 4.69) is 26.1 Å². The van der Waals surface area contributed by atoms with Crippen molar-refractivity contribution in [2.75, 3.05) is 6.61 Å². The van der Waals surface area contributed by atoms with Crippen LogP contribution in [-0.2, 0) is 28.0 Å². The molecule has 1 N–H and O–H groups in total. The van der Waals surface area contributed by atoms with Gasteiger partial charge in [-0.3, -0.25) is 9.59 Å². The lowest BCUT2D eigenvalue weighted by Crippen LogP contribution is -2.53. The number of halogens is 1. The summed E-state index contributed by atoms with van der Waals surface area (Å²) in [5, 5.41) is 3.86. The molecule has 1 unspecified atom stereocenters. The summed E-state index contributed by atoms with van der Waals surface area (Å²) in [4.78, 5) is 29.6. The molecule has 0 aromatic heterocycles. The van der Waals surface area contributed by atoms with Gasteiger partial charge in [-0.2, -0.15) is 0 Å². The van der Waals surface area contributed by atoms with E-state index in [4.69, 9.17) is 16.3 Å². The van der Waals surface area contributed by atoms with Crippen LogP contribution in [0.4, 0.5) is 0 Å². The van der Waals surface area contributed by atoms with Crippen LogP contribution >= 0.6 is 11.6 Å². The number of carbonyl (C=O) groups is 2. The first-order valence-corrected chi connectivity index (χ1v) is 14.7. The Labute approximate surface area is 243 Å². The Morgan fingerprint density at radius 2 is 1.60 bits per heavy atom. The monoisotopic (exact) mass is 560 g/mol. The zero-order chi connectivity index (χ0) is 28.5. The summed E-state index contributed by atoms with van der Waals surface area (Å²) in [6, 6.07) is 24.6. The summed E-state index contributed by atoms with van der Waals surface area (Å²) < 4.78 is 6.15. The fourth-order valence-electron chi connectivity index (χ4n) is 5.36. The maximum Gasteiger partial charge on any atom is 0.261 e. The molecular weight excluding hydrogens is 520 g/mol. The van der Waals surface area contributed by atoms with Crippen molar-refractivity contribution in [2.24, 2.45) is 0 Å². The second-order valence-corrected chi connectivity index (χ2v) is 12.2. The van der Waals surface area contributed by atoms with Crippen LogP contribution in [0.25, 0.3) is 0 Å². The third kappa shape index (κ3) is 8.34. The predicted octanol–water partition coefficient (Wildman–Crippen LogP) is 7.11. The van der Waals surface area contributed by atoms with Gasteiger partial charge < -0.3 is 15.0 Å². The molecule has 40 heavy (non-hydrogen) atoms. The van der Waals surface area contributed by atoms with Gasteiger partial charge in [0.2, 0.25) is 5.91 Å². The van der Waals surface area contributed by atoms with Crippen molar-refractivity contribution in [1.82, 2.24) is 10.2 Å². The van der Waals surface area contributed by atoms with E-state index < -0.39 is 6.04 Å². The van der Waals surface area contributed by atoms with Crippen molar-refractivity contribution in [3.8, 4) is 5.75 Å². The second kappa shape index (κ2) is 13.8. The van der Waals surface area contributed by atoms with Crippen molar-refractivity contribution in [1.29, 1.82) is 0 Å². The van der Waals surface area contributed by atoms with E-state index in [1.54, 1.807) is 11.0 Å². The summed E-state index contributed by atoms with van der Waals surface area (Å²) in [5.74, 6) is 0.307. The molecule has 4 rings (SSSR count). The van der Waals surface area contributed by atoms with E-state index in [-0.39, 0.29) is 36.4 Å². The van der Waals surface area contributed by atoms with Gasteiger partial charge >= 0.3 is 0 Å². The normalized spacial score (nSPS) is 14.8. The average Bonchev–Trinajstić information content (AvgIpc) is 2.94. The number of para-hydroxylation sites is 1. The first-order chi connectivity index (χ1) is 19.2. The van der Waals surface area contributed by atoms with Crippen molar-refractivity contribution < 1.29 is 14.3 Å². The molecule has 5 nitrogen and oxygen atoms in total. The molecule has 0 bridgehead atoms. The average molecular weight is 561 g/mol. The van der Waals surface area contributed by atoms with Crippen molar-refractivity contribution in [3.05, 3.63) is 101 Å². The largest absolute Gasteiger partial charge is 0.483 e. The van der Waals surface area contributed by atoms with Crippen LogP contribution in [-0.4, -0.2) is 35.4 Å². The molecule has 2 amide bonds. The molecule has 1 fully saturated rings. The van der Waals surface area contributed by atoms with E-state index in [0.717, 1.165) is 42.4 Å². The zero-order valence-corrected chi connectivity index (χ0v) is 24.6. The number of ether oxygens (including phenoxy) is 1. The first-order valence-electron chi connectivity index (χ1n) is 14.3. The Morgan fingerprint density at radius 3 is 2.30 bits per heavy atom. The van der Waals surface area contributed by atoms with Crippen LogP contribution in [0.5, 0.6) is 5.75 Å². The highest BCUT2D eigenvalue weighted by molar-refractivity contribution is 6.30. The van der Waals surface area contributed by atoms with Gasteiger partial charge in [0.15, 0.2) is 6.61 Å². The Morgan fingerprint density at radius 1 is 0.925 bits per heavy atom. The number of benzene rings is 3. The number of hydrogen-bond acceptors (Lipinski definition) is 3. The Hall–Kier alpha value is -3.31. The molecule has 0 heterocycles. The van der Waals surface area contributed by atoms with Gasteiger partial charge in [0.05, 0.1) is 0 Å². The molecule has 212 valence electrons. The highest BCUT2D eigenvalue weighted by atomic mass is 35.5. The molecule has 1 saturated carbocycles. The quantitative estimate of drug-likeness (QED) is 0.287. The highest BCUT2D eigenvalue weighted by Gasteiger charge is 2.32. The summed E-state index contributed by atoms with van der Waals surface area (Å²) in [6.07, 6.45) is 5.77. The van der Waals surface area contributed by atoms with E-state index >= 15 is 0 Å². The third-order valence-corrected chi connectivity index (χ3v) is 7.75. The van der Waals surface area contributed by atoms with Crippen LogP contribution in [0, 0.1) is 0 Å². The topological polar surface area (TPSA) is 58.6 Å². The van der Waals surface area contributed by atoms with Gasteiger partial charge in [0.25, 0.3) is 5.91 Å². The van der Waals surface area contributed by atoms with Crippen LogP contribution in [0.3, 0.4) is 0 Å². The minimum Gasteiger partial charge on any atom is -0.483 e. The molecule has 6 heteroatoms. The second-order valence-electron chi connectivity index (χ2n) is 11.7. The lowest BCUT2D eigenvalue weighted by Gasteiger charge is -2.33. The van der Waals surface area contributed by atoms with Crippen molar-refractivity contribution in [2.45, 2.75) is 83.3 Å². The number of carbonyl (C=O) groups excluding carboxylic acids is 2. The number of amides is 2. The lowest BCUT2D eigenvalue weighted by atomic mass is 9.86. The fraction of sp³-hybridized carbons (Fsp3) is 0.412. The van der Waals surface area contributed by atoms with Crippen LogP contribution in [0.2, 0.25) is 5.02 Å². The summed E-state index contributed by atoms with van der Waals surface area (Å²) in [5.41, 5.74) is 2.74.